The normalized spacial score (nSPS) is 12.8. The van der Waals surface area contributed by atoms with E-state index in [4.69, 9.17) is 0 Å². The van der Waals surface area contributed by atoms with Crippen LogP contribution in [0.2, 0.25) is 0 Å². The number of nitrogens with zero attached hydrogens (tertiary/aromatic N) is 3. The third-order valence-electron chi connectivity index (χ3n) is 4.82. The third kappa shape index (κ3) is 4.30. The summed E-state index contributed by atoms with van der Waals surface area (Å²) in [6, 6.07) is 5.72. The summed E-state index contributed by atoms with van der Waals surface area (Å²) in [5.74, 6) is 0.00935. The van der Waals surface area contributed by atoms with Gasteiger partial charge >= 0.3 is 0 Å². The van der Waals surface area contributed by atoms with Crippen LogP contribution < -0.4 is 10.2 Å². The molecule has 6 nitrogen and oxygen atoms in total. The van der Waals surface area contributed by atoms with Crippen molar-refractivity contribution in [3.8, 4) is 0 Å². The van der Waals surface area contributed by atoms with Crippen molar-refractivity contribution in [2.75, 3.05) is 23.0 Å². The molecular weight excluding hydrogens is 360 g/mol. The molecule has 0 bridgehead atoms. The second-order valence-corrected chi connectivity index (χ2v) is 7.45. The Hall–Kier alpha value is -2.41. The second kappa shape index (κ2) is 8.08. The molecule has 0 fully saturated rings. The fourth-order valence-corrected chi connectivity index (χ4v) is 3.89. The first-order valence-electron chi connectivity index (χ1n) is 8.98. The molecular formula is C20H24N4O2S. The van der Waals surface area contributed by atoms with Crippen LogP contribution in [0.1, 0.15) is 35.9 Å². The number of amides is 2. The summed E-state index contributed by atoms with van der Waals surface area (Å²) in [7, 11) is 0. The van der Waals surface area contributed by atoms with Crippen LogP contribution in [0.5, 0.6) is 0 Å². The van der Waals surface area contributed by atoms with Crippen LogP contribution in [0, 0.1) is 13.8 Å². The molecule has 142 valence electrons. The number of hydrogen-bond acceptors (Lipinski definition) is 5. The first-order valence-corrected chi connectivity index (χ1v) is 10.2. The van der Waals surface area contributed by atoms with Crippen LogP contribution >= 0.6 is 11.8 Å². The van der Waals surface area contributed by atoms with Crippen molar-refractivity contribution in [3.63, 3.8) is 0 Å². The molecule has 3 rings (SSSR count). The van der Waals surface area contributed by atoms with Gasteiger partial charge in [-0.3, -0.25) is 9.59 Å². The van der Waals surface area contributed by atoms with Gasteiger partial charge in [-0.15, -0.1) is 0 Å². The van der Waals surface area contributed by atoms with E-state index < -0.39 is 0 Å². The van der Waals surface area contributed by atoms with Crippen molar-refractivity contribution in [2.24, 2.45) is 0 Å². The Kier molecular flexibility index (Phi) is 5.79. The lowest BCUT2D eigenvalue weighted by molar-refractivity contribution is -0.117. The molecule has 0 atom stereocenters. The van der Waals surface area contributed by atoms with Gasteiger partial charge in [0.05, 0.1) is 0 Å². The van der Waals surface area contributed by atoms with Crippen LogP contribution in [0.25, 0.3) is 0 Å². The SMILES string of the molecule is CSc1nc(C)c(CCC(=O)Nc2ccc3c(c2)CCN3C(C)=O)c(C)n1. The van der Waals surface area contributed by atoms with E-state index in [2.05, 4.69) is 15.3 Å². The monoisotopic (exact) mass is 384 g/mol. The summed E-state index contributed by atoms with van der Waals surface area (Å²) < 4.78 is 0. The summed E-state index contributed by atoms with van der Waals surface area (Å²) >= 11 is 1.52. The van der Waals surface area contributed by atoms with Crippen molar-refractivity contribution in [1.29, 1.82) is 0 Å². The lowest BCUT2D eigenvalue weighted by Crippen LogP contribution is -2.25. The van der Waals surface area contributed by atoms with Crippen molar-refractivity contribution in [2.45, 2.75) is 45.2 Å². The summed E-state index contributed by atoms with van der Waals surface area (Å²) in [6.45, 7) is 6.20. The minimum atomic E-state index is -0.0379. The highest BCUT2D eigenvalue weighted by Gasteiger charge is 2.22. The zero-order chi connectivity index (χ0) is 19.6. The van der Waals surface area contributed by atoms with E-state index in [1.807, 2.05) is 38.3 Å². The predicted octanol–water partition coefficient (Wildman–Crippen LogP) is 3.30. The maximum absolute atomic E-state index is 12.4. The molecule has 1 N–H and O–H groups in total. The highest BCUT2D eigenvalue weighted by Crippen LogP contribution is 2.30. The number of nitrogens with one attached hydrogen (secondary N) is 1. The number of carbonyl (C=O) groups excluding carboxylic acids is 2. The van der Waals surface area contributed by atoms with Crippen molar-refractivity contribution in [1.82, 2.24) is 9.97 Å². The molecule has 27 heavy (non-hydrogen) atoms. The Balaban J connectivity index is 1.63. The number of hydrogen-bond donors (Lipinski definition) is 1. The number of fused-ring (bicyclic) bond motifs is 1. The van der Waals surface area contributed by atoms with Gasteiger partial charge in [-0.05, 0) is 62.3 Å². The van der Waals surface area contributed by atoms with E-state index in [-0.39, 0.29) is 11.8 Å². The van der Waals surface area contributed by atoms with Gasteiger partial charge in [-0.25, -0.2) is 9.97 Å². The van der Waals surface area contributed by atoms with E-state index in [1.54, 1.807) is 11.8 Å². The summed E-state index contributed by atoms with van der Waals surface area (Å²) in [5.41, 5.74) is 5.71. The Morgan fingerprint density at radius 1 is 1.22 bits per heavy atom. The number of rotatable bonds is 5. The average molecular weight is 385 g/mol. The van der Waals surface area contributed by atoms with Gasteiger partial charge in [-0.2, -0.15) is 0 Å². The number of anilines is 2. The lowest BCUT2D eigenvalue weighted by atomic mass is 10.1. The van der Waals surface area contributed by atoms with Gasteiger partial charge in [0.25, 0.3) is 0 Å². The Morgan fingerprint density at radius 3 is 2.56 bits per heavy atom. The molecule has 0 saturated carbocycles. The third-order valence-corrected chi connectivity index (χ3v) is 5.37. The molecule has 0 spiro atoms. The van der Waals surface area contributed by atoms with Crippen LogP contribution in [0.4, 0.5) is 11.4 Å². The first kappa shape index (κ1) is 19.4. The van der Waals surface area contributed by atoms with E-state index >= 15 is 0 Å². The fourth-order valence-electron chi connectivity index (χ4n) is 3.43. The fraction of sp³-hybridized carbons (Fsp3) is 0.400. The van der Waals surface area contributed by atoms with Gasteiger partial charge in [0, 0.05) is 42.7 Å². The van der Waals surface area contributed by atoms with Gasteiger partial charge in [0.1, 0.15) is 0 Å². The van der Waals surface area contributed by atoms with E-state index in [9.17, 15) is 9.59 Å². The van der Waals surface area contributed by atoms with Crippen LogP contribution in [-0.2, 0) is 22.4 Å². The molecule has 0 aliphatic carbocycles. The van der Waals surface area contributed by atoms with E-state index in [0.717, 1.165) is 45.5 Å². The van der Waals surface area contributed by atoms with E-state index in [1.165, 1.54) is 11.8 Å². The maximum Gasteiger partial charge on any atom is 0.224 e. The molecule has 1 aliphatic rings. The second-order valence-electron chi connectivity index (χ2n) is 6.67. The van der Waals surface area contributed by atoms with Crippen molar-refractivity contribution in [3.05, 3.63) is 40.7 Å². The summed E-state index contributed by atoms with van der Waals surface area (Å²) in [4.78, 5) is 34.7. The molecule has 0 unspecified atom stereocenters. The summed E-state index contributed by atoms with van der Waals surface area (Å²) in [5, 5.41) is 3.72. The number of thioether (sulfide) groups is 1. The van der Waals surface area contributed by atoms with Crippen LogP contribution in [-0.4, -0.2) is 34.6 Å². The Labute approximate surface area is 163 Å². The standard InChI is InChI=1S/C20H24N4O2S/c1-12-17(13(2)22-20(21-12)27-4)6-8-19(26)23-16-5-7-18-15(11-16)9-10-24(18)14(3)25/h5,7,11H,6,8-10H2,1-4H3,(H,23,26). The summed E-state index contributed by atoms with van der Waals surface area (Å²) in [6.07, 6.45) is 3.76. The van der Waals surface area contributed by atoms with Crippen LogP contribution in [0.3, 0.4) is 0 Å². The largest absolute Gasteiger partial charge is 0.326 e. The quantitative estimate of drug-likeness (QED) is 0.632. The van der Waals surface area contributed by atoms with Gasteiger partial charge in [-0.1, -0.05) is 11.8 Å². The zero-order valence-corrected chi connectivity index (χ0v) is 16.9. The minimum Gasteiger partial charge on any atom is -0.326 e. The highest BCUT2D eigenvalue weighted by molar-refractivity contribution is 7.98. The molecule has 2 amide bonds. The molecule has 1 aliphatic heterocycles. The van der Waals surface area contributed by atoms with Gasteiger partial charge < -0.3 is 10.2 Å². The minimum absolute atomic E-state index is 0.0379. The molecule has 1 aromatic carbocycles. The molecule has 0 saturated heterocycles. The van der Waals surface area contributed by atoms with E-state index in [0.29, 0.717) is 19.4 Å². The highest BCUT2D eigenvalue weighted by atomic mass is 32.2. The van der Waals surface area contributed by atoms with Gasteiger partial charge in [0.2, 0.25) is 11.8 Å². The molecule has 2 aromatic rings. The Morgan fingerprint density at radius 2 is 1.93 bits per heavy atom. The average Bonchev–Trinajstić information content (AvgIpc) is 3.04. The molecule has 7 heteroatoms. The van der Waals surface area contributed by atoms with Crippen molar-refractivity contribution < 1.29 is 9.59 Å². The maximum atomic E-state index is 12.4. The number of carbonyl (C=O) groups is 2. The molecule has 0 radical (unpaired) electrons. The molecule has 2 heterocycles. The molecule has 1 aromatic heterocycles. The lowest BCUT2D eigenvalue weighted by Gasteiger charge is -2.15. The Bertz CT molecular complexity index is 875. The smallest absolute Gasteiger partial charge is 0.224 e. The predicted molar refractivity (Wildman–Crippen MR) is 108 cm³/mol. The number of aryl methyl sites for hydroxylation is 2. The topological polar surface area (TPSA) is 75.2 Å². The number of benzene rings is 1. The van der Waals surface area contributed by atoms with Crippen LogP contribution in [0.15, 0.2) is 23.4 Å². The van der Waals surface area contributed by atoms with Gasteiger partial charge in [0.15, 0.2) is 5.16 Å². The first-order chi connectivity index (χ1) is 12.9. The zero-order valence-electron chi connectivity index (χ0n) is 16.1. The van der Waals surface area contributed by atoms with Crippen molar-refractivity contribution >= 4 is 35.0 Å². The number of aromatic nitrogens is 2.